The van der Waals surface area contributed by atoms with Crippen molar-refractivity contribution in [3.8, 4) is 0 Å². The molecule has 0 heterocycles. The molecule has 0 amide bonds. The number of hydrogen-bond acceptors (Lipinski definition) is 1. The van der Waals surface area contributed by atoms with E-state index >= 15 is 0 Å². The third kappa shape index (κ3) is 16.9. The van der Waals surface area contributed by atoms with Gasteiger partial charge in [0.05, 0.1) is 1.37 Å². The van der Waals surface area contributed by atoms with E-state index in [2.05, 4.69) is 19.1 Å². The number of unbranched alkanes of at least 4 members (excludes halogenated alkanes) is 8. The van der Waals surface area contributed by atoms with Crippen molar-refractivity contribution < 1.29 is 11.3 Å². The minimum atomic E-state index is -0.688. The van der Waals surface area contributed by atoms with Crippen LogP contribution in [0, 0.1) is 0 Å². The second kappa shape index (κ2) is 16.0. The average Bonchev–Trinajstić information content (AvgIpc) is 2.45. The van der Waals surface area contributed by atoms with Gasteiger partial charge < -0.3 is 5.11 Å². The number of allylic oxidation sites excluding steroid dienone is 4. The summed E-state index contributed by atoms with van der Waals surface area (Å²) in [4.78, 5) is 10.3. The smallest absolute Gasteiger partial charge is 0.303 e. The van der Waals surface area contributed by atoms with Crippen LogP contribution in [0.15, 0.2) is 24.3 Å². The van der Waals surface area contributed by atoms with Crippen LogP contribution in [0.2, 0.25) is 0 Å². The highest BCUT2D eigenvalue weighted by atomic mass is 16.4. The Balaban J connectivity index is 3.37. The molecule has 0 aliphatic rings. The first-order valence-corrected chi connectivity index (χ1v) is 8.19. The van der Waals surface area contributed by atoms with E-state index in [4.69, 9.17) is 6.48 Å². The molecule has 0 aromatic heterocycles. The number of carbonyl (C=O) groups is 1. The molecule has 116 valence electrons. The van der Waals surface area contributed by atoms with Gasteiger partial charge in [0, 0.05) is 6.42 Å². The molecule has 0 spiro atoms. The fourth-order valence-electron chi connectivity index (χ4n) is 2.02. The molecule has 0 aromatic carbocycles. The highest BCUT2D eigenvalue weighted by Gasteiger charge is 1.95. The van der Waals surface area contributed by atoms with Crippen molar-refractivity contribution in [1.29, 1.82) is 0 Å². The summed E-state index contributed by atoms with van der Waals surface area (Å²) >= 11 is 0. The molecule has 0 rings (SSSR count). The van der Waals surface area contributed by atoms with E-state index in [1.807, 2.05) is 6.08 Å². The fraction of sp³-hybridized carbons (Fsp3) is 0.722. The molecule has 0 aliphatic carbocycles. The monoisotopic (exact) mass is 281 g/mol. The molecule has 20 heavy (non-hydrogen) atoms. The number of carboxylic acids is 1. The first-order chi connectivity index (χ1) is 10.2. The van der Waals surface area contributed by atoms with Gasteiger partial charge in [-0.05, 0) is 38.5 Å². The Morgan fingerprint density at radius 1 is 0.950 bits per heavy atom. The molecular formula is C18H32O2. The lowest BCUT2D eigenvalue weighted by molar-refractivity contribution is -0.137. The zero-order valence-corrected chi connectivity index (χ0v) is 13.1. The van der Waals surface area contributed by atoms with Crippen LogP contribution >= 0.6 is 0 Å². The molecule has 2 nitrogen and oxygen atoms in total. The molecule has 1 N–H and O–H groups in total. The van der Waals surface area contributed by atoms with Crippen LogP contribution in [0.4, 0.5) is 0 Å². The first-order valence-electron chi connectivity index (χ1n) is 8.69. The van der Waals surface area contributed by atoms with E-state index in [-0.39, 0.29) is 0 Å². The van der Waals surface area contributed by atoms with Crippen molar-refractivity contribution in [2.45, 2.75) is 84.0 Å². The largest absolute Gasteiger partial charge is 0.481 e. The van der Waals surface area contributed by atoms with E-state index in [9.17, 15) is 4.79 Å². The minimum absolute atomic E-state index is 0.302. The molecule has 0 atom stereocenters. The maximum absolute atomic E-state index is 10.3. The lowest BCUT2D eigenvalue weighted by atomic mass is 10.1. The highest BCUT2D eigenvalue weighted by Crippen LogP contribution is 2.08. The summed E-state index contributed by atoms with van der Waals surface area (Å²) < 4.78 is 7.80. The van der Waals surface area contributed by atoms with Gasteiger partial charge in [0.15, 0.2) is 0 Å². The molecule has 0 aliphatic heterocycles. The summed E-state index contributed by atoms with van der Waals surface area (Å²) in [6.07, 6.45) is 18.5. The van der Waals surface area contributed by atoms with Crippen LogP contribution in [0.3, 0.4) is 0 Å². The molecule has 2 heteroatoms. The van der Waals surface area contributed by atoms with Gasteiger partial charge in [-0.25, -0.2) is 0 Å². The number of hydrogen-bond donors (Lipinski definition) is 1. The number of rotatable bonds is 14. The van der Waals surface area contributed by atoms with Gasteiger partial charge in [-0.2, -0.15) is 0 Å². The van der Waals surface area contributed by atoms with Crippen LogP contribution in [-0.2, 0) is 4.79 Å². The zero-order valence-electron chi connectivity index (χ0n) is 14.1. The fourth-order valence-corrected chi connectivity index (χ4v) is 2.02. The van der Waals surface area contributed by atoms with Gasteiger partial charge in [-0.1, -0.05) is 63.3 Å². The minimum Gasteiger partial charge on any atom is -0.481 e. The Labute approximate surface area is 126 Å². The van der Waals surface area contributed by atoms with Crippen LogP contribution in [0.5, 0.6) is 0 Å². The van der Waals surface area contributed by atoms with E-state index in [1.54, 1.807) is 0 Å². The molecule has 0 aromatic rings. The van der Waals surface area contributed by atoms with Gasteiger partial charge in [0.25, 0.3) is 0 Å². The summed E-state index contributed by atoms with van der Waals surface area (Å²) in [6.45, 7) is 2.19. The molecule has 0 radical (unpaired) electrons. The zero-order chi connectivity index (χ0) is 15.8. The SMILES string of the molecule is [2H]/C(=C/CCCCC)C/C=C\CCCCCCCC(=O)O. The lowest BCUT2D eigenvalue weighted by Crippen LogP contribution is -1.93. The predicted molar refractivity (Wildman–Crippen MR) is 87.0 cm³/mol. The Morgan fingerprint density at radius 3 is 2.35 bits per heavy atom. The summed E-state index contributed by atoms with van der Waals surface area (Å²) in [7, 11) is 0. The quantitative estimate of drug-likeness (QED) is 0.318. The van der Waals surface area contributed by atoms with Crippen molar-refractivity contribution in [2.75, 3.05) is 0 Å². The van der Waals surface area contributed by atoms with Gasteiger partial charge in [0.1, 0.15) is 0 Å². The van der Waals surface area contributed by atoms with Crippen LogP contribution in [-0.4, -0.2) is 11.1 Å². The van der Waals surface area contributed by atoms with Gasteiger partial charge in [-0.3, -0.25) is 4.79 Å². The topological polar surface area (TPSA) is 37.3 Å². The van der Waals surface area contributed by atoms with E-state index in [1.165, 1.54) is 25.7 Å². The molecule has 0 bridgehead atoms. The standard InChI is InChI=1S/C18H32O2/c1-2-3-4-5-6-7-8-9-10-11-12-13-14-15-16-17-18(19)20/h6-7,9-10H,2-5,8,11-17H2,1H3,(H,19,20)/b7-6-,10-9-/i7D. The summed E-state index contributed by atoms with van der Waals surface area (Å²) in [5.74, 6) is -0.688. The third-order valence-corrected chi connectivity index (χ3v) is 3.26. The van der Waals surface area contributed by atoms with Crippen molar-refractivity contribution >= 4 is 5.97 Å². The van der Waals surface area contributed by atoms with E-state index in [0.29, 0.717) is 6.42 Å². The summed E-state index contributed by atoms with van der Waals surface area (Å²) in [5, 5.41) is 8.51. The summed E-state index contributed by atoms with van der Waals surface area (Å²) in [6, 6.07) is 0.732. The maximum atomic E-state index is 10.3. The molecule has 0 fully saturated rings. The van der Waals surface area contributed by atoms with Crippen molar-refractivity contribution in [3.05, 3.63) is 24.3 Å². The maximum Gasteiger partial charge on any atom is 0.303 e. The van der Waals surface area contributed by atoms with Crippen molar-refractivity contribution in [2.24, 2.45) is 0 Å². The van der Waals surface area contributed by atoms with Gasteiger partial charge in [-0.15, -0.1) is 0 Å². The van der Waals surface area contributed by atoms with Gasteiger partial charge >= 0.3 is 5.97 Å². The Hall–Kier alpha value is -1.05. The first kappa shape index (κ1) is 17.0. The third-order valence-electron chi connectivity index (χ3n) is 3.26. The van der Waals surface area contributed by atoms with Crippen LogP contribution in [0.25, 0.3) is 0 Å². The number of carboxylic acid groups (broad SMARTS) is 1. The van der Waals surface area contributed by atoms with E-state index in [0.717, 1.165) is 51.0 Å². The summed E-state index contributed by atoms with van der Waals surface area (Å²) in [5.41, 5.74) is 0. The Kier molecular flexibility index (Phi) is 13.6. The Morgan fingerprint density at radius 2 is 1.60 bits per heavy atom. The normalized spacial score (nSPS) is 12.8. The van der Waals surface area contributed by atoms with Crippen molar-refractivity contribution in [3.63, 3.8) is 0 Å². The molecule has 0 saturated carbocycles. The van der Waals surface area contributed by atoms with Crippen molar-refractivity contribution in [1.82, 2.24) is 0 Å². The number of aliphatic carboxylic acids is 1. The highest BCUT2D eigenvalue weighted by molar-refractivity contribution is 5.66. The van der Waals surface area contributed by atoms with Crippen LogP contribution in [0.1, 0.15) is 85.3 Å². The lowest BCUT2D eigenvalue weighted by Gasteiger charge is -1.98. The Bertz CT molecular complexity index is 308. The second-order valence-corrected chi connectivity index (χ2v) is 5.28. The second-order valence-electron chi connectivity index (χ2n) is 5.28. The van der Waals surface area contributed by atoms with Gasteiger partial charge in [0.2, 0.25) is 0 Å². The molecule has 0 unspecified atom stereocenters. The average molecular weight is 281 g/mol. The molecule has 0 saturated heterocycles. The predicted octanol–water partition coefficient (Wildman–Crippen LogP) is 5.88. The van der Waals surface area contributed by atoms with E-state index < -0.39 is 5.97 Å². The van der Waals surface area contributed by atoms with Crippen LogP contribution < -0.4 is 0 Å². The molecular weight excluding hydrogens is 248 g/mol.